The van der Waals surface area contributed by atoms with Crippen LogP contribution in [0.25, 0.3) is 11.1 Å². The molecule has 1 fully saturated rings. The quantitative estimate of drug-likeness (QED) is 0.437. The number of carbonyl (C=O) groups is 2. The summed E-state index contributed by atoms with van der Waals surface area (Å²) in [7, 11) is 0. The molecule has 2 amide bonds. The van der Waals surface area contributed by atoms with Gasteiger partial charge in [-0.3, -0.25) is 4.90 Å². The Morgan fingerprint density at radius 2 is 1.59 bits per heavy atom. The van der Waals surface area contributed by atoms with Gasteiger partial charge in [0.25, 0.3) is 0 Å². The van der Waals surface area contributed by atoms with Crippen LogP contribution in [0.5, 0.6) is 0 Å². The first kappa shape index (κ1) is 22.0. The molecule has 5 rings (SSSR count). The maximum absolute atomic E-state index is 12.8. The second-order valence-corrected chi connectivity index (χ2v) is 9.08. The minimum absolute atomic E-state index is 0.101. The summed E-state index contributed by atoms with van der Waals surface area (Å²) in [6.07, 6.45) is 5.93. The van der Waals surface area contributed by atoms with Crippen LogP contribution in [-0.2, 0) is 11.2 Å². The topological polar surface area (TPSA) is 69.6 Å². The number of aliphatic carboxylic acids is 1. The predicted octanol–water partition coefficient (Wildman–Crippen LogP) is 6.62. The summed E-state index contributed by atoms with van der Waals surface area (Å²) >= 11 is 0. The highest BCUT2D eigenvalue weighted by atomic mass is 16.4. The van der Waals surface area contributed by atoms with Crippen molar-refractivity contribution in [2.45, 2.75) is 38.0 Å². The number of nitrogens with zero attached hydrogens (tertiary/aromatic N) is 1. The molecule has 3 aromatic carbocycles. The number of benzene rings is 3. The smallest absolute Gasteiger partial charge is 0.328 e. The summed E-state index contributed by atoms with van der Waals surface area (Å²) in [6, 6.07) is 24.5. The van der Waals surface area contributed by atoms with Crippen LogP contribution in [0, 0.1) is 0 Å². The molecule has 0 aromatic heterocycles. The number of rotatable bonds is 4. The highest BCUT2D eigenvalue weighted by molar-refractivity contribution is 6.03. The lowest BCUT2D eigenvalue weighted by atomic mass is 9.81. The third-order valence-electron chi connectivity index (χ3n) is 6.92. The van der Waals surface area contributed by atoms with Crippen LogP contribution in [0.3, 0.4) is 0 Å². The molecule has 0 saturated heterocycles. The molecule has 1 aliphatic heterocycles. The molecule has 0 radical (unpaired) electrons. The summed E-state index contributed by atoms with van der Waals surface area (Å²) < 4.78 is 0. The van der Waals surface area contributed by atoms with Crippen LogP contribution < -0.4 is 10.2 Å². The summed E-state index contributed by atoms with van der Waals surface area (Å²) in [5, 5.41) is 11.9. The molecule has 1 saturated carbocycles. The average molecular weight is 453 g/mol. The Kier molecular flexibility index (Phi) is 6.17. The SMILES string of the molecule is O=C(O)C=C1CCC(c2ccc(-c3ccc4c(c3)CCN4C(=O)Nc3ccccc3)cc2)CC1. The van der Waals surface area contributed by atoms with Crippen molar-refractivity contribution < 1.29 is 14.7 Å². The van der Waals surface area contributed by atoms with E-state index in [4.69, 9.17) is 5.11 Å². The van der Waals surface area contributed by atoms with Gasteiger partial charge in [-0.2, -0.15) is 0 Å². The van der Waals surface area contributed by atoms with Gasteiger partial charge in [-0.1, -0.05) is 54.1 Å². The number of hydrogen-bond donors (Lipinski definition) is 2. The molecule has 34 heavy (non-hydrogen) atoms. The molecular formula is C29H28N2O3. The van der Waals surface area contributed by atoms with E-state index < -0.39 is 5.97 Å². The zero-order chi connectivity index (χ0) is 23.5. The minimum Gasteiger partial charge on any atom is -0.478 e. The number of fused-ring (bicyclic) bond motifs is 1. The maximum atomic E-state index is 12.8. The zero-order valence-electron chi connectivity index (χ0n) is 19.0. The Morgan fingerprint density at radius 3 is 2.29 bits per heavy atom. The second kappa shape index (κ2) is 9.56. The number of amides is 2. The monoisotopic (exact) mass is 452 g/mol. The number of allylic oxidation sites excluding steroid dienone is 1. The predicted molar refractivity (Wildman–Crippen MR) is 135 cm³/mol. The van der Waals surface area contributed by atoms with Gasteiger partial charge in [0, 0.05) is 24.0 Å². The Morgan fingerprint density at radius 1 is 0.882 bits per heavy atom. The van der Waals surface area contributed by atoms with E-state index in [1.807, 2.05) is 41.3 Å². The van der Waals surface area contributed by atoms with Crippen molar-refractivity contribution in [2.75, 3.05) is 16.8 Å². The first-order valence-corrected chi connectivity index (χ1v) is 11.9. The van der Waals surface area contributed by atoms with Gasteiger partial charge < -0.3 is 10.4 Å². The van der Waals surface area contributed by atoms with Gasteiger partial charge in [0.2, 0.25) is 0 Å². The lowest BCUT2D eigenvalue weighted by Gasteiger charge is -2.24. The van der Waals surface area contributed by atoms with Crippen LogP contribution in [0.1, 0.15) is 42.7 Å². The van der Waals surface area contributed by atoms with E-state index in [0.717, 1.165) is 54.6 Å². The molecule has 1 aliphatic carbocycles. The van der Waals surface area contributed by atoms with E-state index in [-0.39, 0.29) is 6.03 Å². The van der Waals surface area contributed by atoms with Crippen molar-refractivity contribution >= 4 is 23.4 Å². The highest BCUT2D eigenvalue weighted by Crippen LogP contribution is 2.37. The highest BCUT2D eigenvalue weighted by Gasteiger charge is 2.25. The van der Waals surface area contributed by atoms with Crippen LogP contribution in [0.15, 0.2) is 84.4 Å². The van der Waals surface area contributed by atoms with Gasteiger partial charge in [0.1, 0.15) is 0 Å². The molecular weight excluding hydrogens is 424 g/mol. The lowest BCUT2D eigenvalue weighted by molar-refractivity contribution is -0.131. The van der Waals surface area contributed by atoms with Crippen molar-refractivity contribution in [2.24, 2.45) is 0 Å². The summed E-state index contributed by atoms with van der Waals surface area (Å²) in [5.41, 5.74) is 7.65. The molecule has 0 spiro atoms. The third kappa shape index (κ3) is 4.74. The van der Waals surface area contributed by atoms with Gasteiger partial charge in [0.15, 0.2) is 0 Å². The van der Waals surface area contributed by atoms with E-state index in [0.29, 0.717) is 12.5 Å². The Bertz CT molecular complexity index is 1220. The Hall–Kier alpha value is -3.86. The largest absolute Gasteiger partial charge is 0.478 e. The zero-order valence-corrected chi connectivity index (χ0v) is 19.0. The van der Waals surface area contributed by atoms with Gasteiger partial charge in [-0.05, 0) is 84.5 Å². The van der Waals surface area contributed by atoms with Crippen LogP contribution >= 0.6 is 0 Å². The summed E-state index contributed by atoms with van der Waals surface area (Å²) in [5.74, 6) is -0.358. The number of nitrogens with one attached hydrogen (secondary N) is 1. The number of para-hydroxylation sites is 1. The fraction of sp³-hybridized carbons (Fsp3) is 0.241. The molecule has 1 heterocycles. The summed E-state index contributed by atoms with van der Waals surface area (Å²) in [6.45, 7) is 0.677. The Balaban J connectivity index is 1.26. The van der Waals surface area contributed by atoms with E-state index in [1.165, 1.54) is 22.8 Å². The van der Waals surface area contributed by atoms with Crippen LogP contribution in [-0.4, -0.2) is 23.7 Å². The Labute approximate surface area is 199 Å². The number of hydrogen-bond acceptors (Lipinski definition) is 2. The average Bonchev–Trinajstić information content (AvgIpc) is 3.28. The third-order valence-corrected chi connectivity index (χ3v) is 6.92. The van der Waals surface area contributed by atoms with Crippen molar-refractivity contribution in [3.05, 3.63) is 95.6 Å². The number of anilines is 2. The van der Waals surface area contributed by atoms with E-state index >= 15 is 0 Å². The van der Waals surface area contributed by atoms with Gasteiger partial charge in [0.05, 0.1) is 0 Å². The number of carboxylic acid groups (broad SMARTS) is 1. The normalized spacial score (nSPS) is 17.2. The first-order chi connectivity index (χ1) is 16.6. The second-order valence-electron chi connectivity index (χ2n) is 9.08. The lowest BCUT2D eigenvalue weighted by Crippen LogP contribution is -2.33. The van der Waals surface area contributed by atoms with Gasteiger partial charge in [-0.15, -0.1) is 0 Å². The molecule has 5 nitrogen and oxygen atoms in total. The van der Waals surface area contributed by atoms with E-state index in [1.54, 1.807) is 0 Å². The van der Waals surface area contributed by atoms with E-state index in [2.05, 4.69) is 41.7 Å². The van der Waals surface area contributed by atoms with E-state index in [9.17, 15) is 9.59 Å². The minimum atomic E-state index is -0.841. The molecule has 0 unspecified atom stereocenters. The number of carboxylic acids is 1. The standard InChI is InChI=1S/C29H28N2O3/c32-28(33)18-20-6-8-21(9-7-20)22-10-12-23(13-11-22)24-14-15-27-25(19-24)16-17-31(27)29(34)30-26-4-2-1-3-5-26/h1-5,10-15,18-19,21H,6-9,16-17H2,(H,30,34)(H,32,33). The molecule has 2 N–H and O–H groups in total. The number of urea groups is 1. The molecule has 0 atom stereocenters. The molecule has 0 bridgehead atoms. The first-order valence-electron chi connectivity index (χ1n) is 11.9. The maximum Gasteiger partial charge on any atom is 0.328 e. The van der Waals surface area contributed by atoms with Crippen molar-refractivity contribution in [1.29, 1.82) is 0 Å². The van der Waals surface area contributed by atoms with Crippen LogP contribution in [0.4, 0.5) is 16.2 Å². The molecule has 2 aliphatic rings. The molecule has 3 aromatic rings. The number of carbonyl (C=O) groups excluding carboxylic acids is 1. The van der Waals surface area contributed by atoms with Gasteiger partial charge >= 0.3 is 12.0 Å². The molecule has 5 heteroatoms. The summed E-state index contributed by atoms with van der Waals surface area (Å²) in [4.78, 5) is 25.5. The van der Waals surface area contributed by atoms with Crippen molar-refractivity contribution in [3.63, 3.8) is 0 Å². The van der Waals surface area contributed by atoms with Crippen molar-refractivity contribution in [3.8, 4) is 11.1 Å². The van der Waals surface area contributed by atoms with Gasteiger partial charge in [-0.25, -0.2) is 9.59 Å². The fourth-order valence-electron chi connectivity index (χ4n) is 5.09. The van der Waals surface area contributed by atoms with Crippen LogP contribution in [0.2, 0.25) is 0 Å². The fourth-order valence-corrected chi connectivity index (χ4v) is 5.09. The van der Waals surface area contributed by atoms with Crippen molar-refractivity contribution in [1.82, 2.24) is 0 Å². The molecule has 172 valence electrons.